The summed E-state index contributed by atoms with van der Waals surface area (Å²) in [5, 5.41) is 1.57. The summed E-state index contributed by atoms with van der Waals surface area (Å²) in [6.45, 7) is 2.50. The van der Waals surface area contributed by atoms with Crippen molar-refractivity contribution >= 4 is 52.2 Å². The molecule has 212 valence electrons. The number of thioether (sulfide) groups is 1. The lowest BCUT2D eigenvalue weighted by molar-refractivity contribution is -0.123. The topological polar surface area (TPSA) is 79.5 Å². The number of aromatic amines is 1. The minimum absolute atomic E-state index is 0.0337. The van der Waals surface area contributed by atoms with Gasteiger partial charge in [0.15, 0.2) is 0 Å². The van der Waals surface area contributed by atoms with Gasteiger partial charge >= 0.3 is 4.87 Å². The highest BCUT2D eigenvalue weighted by Gasteiger charge is 2.69. The van der Waals surface area contributed by atoms with Crippen molar-refractivity contribution in [3.05, 3.63) is 109 Å². The van der Waals surface area contributed by atoms with Crippen LogP contribution in [0, 0.1) is 36.5 Å². The molecule has 7 atom stereocenters. The smallest absolute Gasteiger partial charge is 0.305 e. The number of para-hydroxylation sites is 1. The van der Waals surface area contributed by atoms with E-state index in [0.717, 1.165) is 33.2 Å². The number of ether oxygens (including phenoxy) is 1. The lowest BCUT2D eigenvalue weighted by Crippen LogP contribution is -2.42. The standard InChI is InChI=1S/C33H27ClN2O4S2/c1-16-5-4-6-17(13-16)15-40-23-8-3-2-7-20(23)24-25-21-14-22(28(25)41-30-29(24)42-33(39)35-30)27-26(21)31(37)36(32(27)38)19-11-9-18(34)10-12-19/h2-13,21-22,24-28H,14-15H2,1H3,(H,35,39)/t21-,22-,24?,25?,26?,27?,28?/m1/s1. The minimum atomic E-state index is -0.361. The number of H-pyrrole nitrogens is 1. The Bertz CT molecular complexity index is 1800. The number of aromatic nitrogens is 1. The number of amides is 2. The summed E-state index contributed by atoms with van der Waals surface area (Å²) in [6.07, 6.45) is 0.839. The van der Waals surface area contributed by atoms with Crippen molar-refractivity contribution < 1.29 is 14.3 Å². The van der Waals surface area contributed by atoms with Crippen LogP contribution >= 0.6 is 34.7 Å². The summed E-state index contributed by atoms with van der Waals surface area (Å²) in [7, 11) is 0. The number of carbonyl (C=O) groups excluding carboxylic acids is 2. The molecule has 3 aromatic carbocycles. The molecule has 1 aromatic heterocycles. The van der Waals surface area contributed by atoms with Crippen molar-refractivity contribution in [2.75, 3.05) is 4.90 Å². The first kappa shape index (κ1) is 26.3. The number of aryl methyl sites for hydroxylation is 1. The fraction of sp³-hybridized carbons (Fsp3) is 0.303. The number of halogens is 1. The molecule has 2 aliphatic heterocycles. The van der Waals surface area contributed by atoms with Crippen molar-refractivity contribution in [3.63, 3.8) is 0 Å². The van der Waals surface area contributed by atoms with Crippen LogP contribution < -0.4 is 14.5 Å². The van der Waals surface area contributed by atoms with E-state index in [2.05, 4.69) is 36.2 Å². The van der Waals surface area contributed by atoms with Crippen molar-refractivity contribution in [1.82, 2.24) is 4.98 Å². The zero-order valence-corrected chi connectivity index (χ0v) is 25.0. The highest BCUT2D eigenvalue weighted by Crippen LogP contribution is 2.69. The third-order valence-corrected chi connectivity index (χ3v) is 12.4. The summed E-state index contributed by atoms with van der Waals surface area (Å²) in [4.78, 5) is 45.9. The molecule has 5 unspecified atom stereocenters. The van der Waals surface area contributed by atoms with E-state index >= 15 is 0 Å². The van der Waals surface area contributed by atoms with E-state index in [-0.39, 0.29) is 57.4 Å². The molecule has 2 bridgehead atoms. The average Bonchev–Trinajstić information content (AvgIpc) is 3.72. The van der Waals surface area contributed by atoms with Crippen LogP contribution in [-0.2, 0) is 16.2 Å². The number of fused-ring (bicyclic) bond motifs is 9. The Morgan fingerprint density at radius 3 is 2.50 bits per heavy atom. The molecule has 1 N–H and O–H groups in total. The van der Waals surface area contributed by atoms with Crippen LogP contribution in [0.1, 0.15) is 33.9 Å². The Balaban J connectivity index is 1.18. The molecule has 4 aromatic rings. The number of benzene rings is 3. The van der Waals surface area contributed by atoms with Gasteiger partial charge in [0, 0.05) is 26.6 Å². The van der Waals surface area contributed by atoms with E-state index in [4.69, 9.17) is 16.3 Å². The van der Waals surface area contributed by atoms with Crippen molar-refractivity contribution in [2.45, 2.75) is 36.1 Å². The predicted octanol–water partition coefficient (Wildman–Crippen LogP) is 6.66. The third-order valence-electron chi connectivity index (χ3n) is 9.54. The Morgan fingerprint density at radius 2 is 1.71 bits per heavy atom. The lowest BCUT2D eigenvalue weighted by atomic mass is 9.68. The molecule has 2 amide bonds. The van der Waals surface area contributed by atoms with Gasteiger partial charge in [0.05, 0.1) is 22.5 Å². The van der Waals surface area contributed by atoms with E-state index in [9.17, 15) is 14.4 Å². The van der Waals surface area contributed by atoms with E-state index in [1.807, 2.05) is 24.3 Å². The number of thiazole rings is 1. The number of nitrogens with one attached hydrogen (secondary N) is 1. The summed E-state index contributed by atoms with van der Waals surface area (Å²) in [5.41, 5.74) is 3.88. The quantitative estimate of drug-likeness (QED) is 0.255. The number of nitrogens with zero attached hydrogens (tertiary/aromatic N) is 1. The van der Waals surface area contributed by atoms with Gasteiger partial charge in [0.2, 0.25) is 11.8 Å². The molecule has 9 heteroatoms. The molecule has 6 nitrogen and oxygen atoms in total. The summed E-state index contributed by atoms with van der Waals surface area (Å²) in [5.74, 6) is -0.0430. The van der Waals surface area contributed by atoms with Gasteiger partial charge in [0.25, 0.3) is 0 Å². The molecule has 2 aliphatic carbocycles. The van der Waals surface area contributed by atoms with Crippen LogP contribution in [0.15, 0.2) is 82.6 Å². The second-order valence-electron chi connectivity index (χ2n) is 11.8. The molecule has 3 heterocycles. The van der Waals surface area contributed by atoms with Gasteiger partial charge in [-0.3, -0.25) is 19.3 Å². The van der Waals surface area contributed by atoms with Gasteiger partial charge in [-0.1, -0.05) is 71.0 Å². The number of imide groups is 1. The predicted molar refractivity (Wildman–Crippen MR) is 164 cm³/mol. The molecule has 3 fully saturated rings. The first-order valence-corrected chi connectivity index (χ1v) is 16.3. The fourth-order valence-electron chi connectivity index (χ4n) is 8.04. The van der Waals surface area contributed by atoms with Crippen molar-refractivity contribution in [1.29, 1.82) is 0 Å². The largest absolute Gasteiger partial charge is 0.489 e. The van der Waals surface area contributed by atoms with E-state index in [1.165, 1.54) is 21.8 Å². The summed E-state index contributed by atoms with van der Waals surface area (Å²) in [6, 6.07) is 23.3. The van der Waals surface area contributed by atoms with Crippen LogP contribution in [0.5, 0.6) is 5.75 Å². The maximum atomic E-state index is 14.0. The van der Waals surface area contributed by atoms with Gasteiger partial charge < -0.3 is 9.72 Å². The molecule has 8 rings (SSSR count). The second kappa shape index (κ2) is 9.86. The Hall–Kier alpha value is -3.33. The number of hydrogen-bond donors (Lipinski definition) is 1. The van der Waals surface area contributed by atoms with Crippen molar-refractivity contribution in [3.8, 4) is 5.75 Å². The zero-order valence-electron chi connectivity index (χ0n) is 22.7. The Kier molecular flexibility index (Phi) is 6.18. The van der Waals surface area contributed by atoms with E-state index in [1.54, 1.807) is 36.0 Å². The number of carbonyl (C=O) groups is 2. The molecular weight excluding hydrogens is 588 g/mol. The first-order valence-electron chi connectivity index (χ1n) is 14.2. The SMILES string of the molecule is Cc1cccc(COc2ccccc2C2c3sc(=O)[nH]c3SC3C2[C@H]2C[C@@H]3C3C(=O)N(c4ccc(Cl)cc4)C(=O)C32)c1. The Morgan fingerprint density at radius 1 is 0.952 bits per heavy atom. The van der Waals surface area contributed by atoms with E-state index < -0.39 is 0 Å². The molecule has 2 saturated carbocycles. The molecule has 1 saturated heterocycles. The summed E-state index contributed by atoms with van der Waals surface area (Å²) < 4.78 is 6.46. The molecular formula is C33H27ClN2O4S2. The lowest BCUT2D eigenvalue weighted by Gasteiger charge is -2.43. The van der Waals surface area contributed by atoms with Gasteiger partial charge in [0.1, 0.15) is 12.4 Å². The van der Waals surface area contributed by atoms with Crippen LogP contribution in [0.4, 0.5) is 5.69 Å². The summed E-state index contributed by atoms with van der Waals surface area (Å²) >= 11 is 9.05. The third kappa shape index (κ3) is 3.95. The maximum absolute atomic E-state index is 14.0. The fourth-order valence-corrected chi connectivity index (χ4v) is 11.0. The normalized spacial score (nSPS) is 29.0. The monoisotopic (exact) mass is 614 g/mol. The van der Waals surface area contributed by atoms with Gasteiger partial charge in [-0.05, 0) is 67.0 Å². The highest BCUT2D eigenvalue weighted by molar-refractivity contribution is 8.00. The van der Waals surface area contributed by atoms with Crippen LogP contribution in [0.3, 0.4) is 0 Å². The van der Waals surface area contributed by atoms with E-state index in [0.29, 0.717) is 17.3 Å². The van der Waals surface area contributed by atoms with Gasteiger partial charge in [-0.2, -0.15) is 0 Å². The van der Waals surface area contributed by atoms with Crippen LogP contribution in [0.25, 0.3) is 0 Å². The van der Waals surface area contributed by atoms with Crippen LogP contribution in [-0.4, -0.2) is 22.0 Å². The highest BCUT2D eigenvalue weighted by atomic mass is 35.5. The zero-order chi connectivity index (χ0) is 28.7. The van der Waals surface area contributed by atoms with Crippen molar-refractivity contribution in [2.24, 2.45) is 29.6 Å². The minimum Gasteiger partial charge on any atom is -0.489 e. The van der Waals surface area contributed by atoms with Gasteiger partial charge in [-0.25, -0.2) is 0 Å². The average molecular weight is 615 g/mol. The molecule has 4 aliphatic rings. The van der Waals surface area contributed by atoms with Gasteiger partial charge in [-0.15, -0.1) is 11.8 Å². The first-order chi connectivity index (χ1) is 20.4. The van der Waals surface area contributed by atoms with Crippen LogP contribution in [0.2, 0.25) is 5.02 Å². The molecule has 42 heavy (non-hydrogen) atoms. The Labute approximate surface area is 256 Å². The number of anilines is 1. The number of rotatable bonds is 5. The molecule has 0 radical (unpaired) electrons. The number of hydrogen-bond acceptors (Lipinski definition) is 6. The molecule has 0 spiro atoms. The maximum Gasteiger partial charge on any atom is 0.305 e. The second-order valence-corrected chi connectivity index (χ2v) is 14.4.